The Hall–Kier alpha value is -3.08. The standard InChI is InChI=1S/C15H11ClF3N3O5/c1-27-12-5-9(22(25)26)2-3-11(12)20-13(23)7-21-6-8(15(17,18)19)4-10(16)14(21)24/h2-6H,7H2,1H3,(H,20,23). The molecular formula is C15H11ClF3N3O5. The quantitative estimate of drug-likeness (QED) is 0.608. The van der Waals surface area contributed by atoms with Crippen molar-refractivity contribution in [3.05, 3.63) is 61.5 Å². The van der Waals surface area contributed by atoms with E-state index in [1.807, 2.05) is 0 Å². The minimum atomic E-state index is -4.75. The lowest BCUT2D eigenvalue weighted by Crippen LogP contribution is -2.29. The van der Waals surface area contributed by atoms with E-state index >= 15 is 0 Å². The Bertz CT molecular complexity index is 959. The van der Waals surface area contributed by atoms with Gasteiger partial charge in [-0.2, -0.15) is 13.2 Å². The number of anilines is 1. The number of carbonyl (C=O) groups excluding carboxylic acids is 1. The molecule has 0 saturated carbocycles. The molecule has 0 saturated heterocycles. The summed E-state index contributed by atoms with van der Waals surface area (Å²) < 4.78 is 43.9. The molecule has 0 aliphatic heterocycles. The van der Waals surface area contributed by atoms with Gasteiger partial charge in [-0.3, -0.25) is 19.7 Å². The molecule has 1 amide bonds. The van der Waals surface area contributed by atoms with Crippen molar-refractivity contribution in [3.63, 3.8) is 0 Å². The van der Waals surface area contributed by atoms with E-state index in [1.54, 1.807) is 0 Å². The van der Waals surface area contributed by atoms with Crippen molar-refractivity contribution in [2.45, 2.75) is 12.7 Å². The molecule has 144 valence electrons. The highest BCUT2D eigenvalue weighted by Crippen LogP contribution is 2.30. The van der Waals surface area contributed by atoms with E-state index in [0.29, 0.717) is 16.8 Å². The number of aromatic nitrogens is 1. The van der Waals surface area contributed by atoms with E-state index < -0.39 is 39.7 Å². The van der Waals surface area contributed by atoms with Gasteiger partial charge in [0.25, 0.3) is 11.2 Å². The van der Waals surface area contributed by atoms with Gasteiger partial charge in [-0.25, -0.2) is 0 Å². The molecule has 1 aromatic heterocycles. The first-order valence-electron chi connectivity index (χ1n) is 7.12. The van der Waals surface area contributed by atoms with Gasteiger partial charge in [0.15, 0.2) is 0 Å². The van der Waals surface area contributed by atoms with Gasteiger partial charge in [0.2, 0.25) is 5.91 Å². The van der Waals surface area contributed by atoms with Crippen LogP contribution >= 0.6 is 11.6 Å². The average molecular weight is 406 g/mol. The third-order valence-electron chi connectivity index (χ3n) is 3.35. The number of nitrogens with one attached hydrogen (secondary N) is 1. The van der Waals surface area contributed by atoms with Crippen LogP contribution in [-0.4, -0.2) is 22.5 Å². The number of benzene rings is 1. The van der Waals surface area contributed by atoms with E-state index in [0.717, 1.165) is 12.1 Å². The van der Waals surface area contributed by atoms with Gasteiger partial charge < -0.3 is 14.6 Å². The third kappa shape index (κ3) is 4.76. The number of halogens is 4. The molecule has 1 N–H and O–H groups in total. The number of alkyl halides is 3. The summed E-state index contributed by atoms with van der Waals surface area (Å²) in [6.07, 6.45) is -4.28. The number of amides is 1. The number of non-ortho nitro benzene ring substituents is 1. The van der Waals surface area contributed by atoms with Crippen LogP contribution < -0.4 is 15.6 Å². The smallest absolute Gasteiger partial charge is 0.417 e. The number of rotatable bonds is 5. The van der Waals surface area contributed by atoms with Crippen LogP contribution in [0.4, 0.5) is 24.5 Å². The number of nitro groups is 1. The molecule has 0 radical (unpaired) electrons. The largest absolute Gasteiger partial charge is 0.494 e. The molecule has 0 atom stereocenters. The number of ether oxygens (including phenoxy) is 1. The summed E-state index contributed by atoms with van der Waals surface area (Å²) in [5.41, 5.74) is -2.41. The molecule has 8 nitrogen and oxygen atoms in total. The Morgan fingerprint density at radius 1 is 1.37 bits per heavy atom. The number of methoxy groups -OCH3 is 1. The lowest BCUT2D eigenvalue weighted by atomic mass is 10.2. The van der Waals surface area contributed by atoms with Gasteiger partial charge in [0, 0.05) is 12.3 Å². The Labute approximate surface area is 154 Å². The number of carbonyl (C=O) groups is 1. The van der Waals surface area contributed by atoms with Crippen molar-refractivity contribution in [2.24, 2.45) is 0 Å². The second-order valence-electron chi connectivity index (χ2n) is 5.20. The number of pyridine rings is 1. The van der Waals surface area contributed by atoms with E-state index in [-0.39, 0.29) is 17.1 Å². The summed E-state index contributed by atoms with van der Waals surface area (Å²) in [7, 11) is 1.21. The Kier molecular flexibility index (Phi) is 5.74. The van der Waals surface area contributed by atoms with Gasteiger partial charge in [-0.15, -0.1) is 0 Å². The molecule has 2 rings (SSSR count). The zero-order chi connectivity index (χ0) is 20.4. The maximum Gasteiger partial charge on any atom is 0.417 e. The Morgan fingerprint density at radius 3 is 2.59 bits per heavy atom. The summed E-state index contributed by atoms with van der Waals surface area (Å²) in [5.74, 6) is -0.897. The van der Waals surface area contributed by atoms with Crippen LogP contribution in [0.2, 0.25) is 5.02 Å². The Morgan fingerprint density at radius 2 is 2.04 bits per heavy atom. The maximum atomic E-state index is 12.8. The maximum absolute atomic E-state index is 12.8. The van der Waals surface area contributed by atoms with E-state index in [2.05, 4.69) is 5.32 Å². The third-order valence-corrected chi connectivity index (χ3v) is 3.62. The molecule has 0 aliphatic rings. The minimum Gasteiger partial charge on any atom is -0.494 e. The van der Waals surface area contributed by atoms with Gasteiger partial charge >= 0.3 is 6.18 Å². The summed E-state index contributed by atoms with van der Waals surface area (Å²) in [6.45, 7) is -0.761. The monoisotopic (exact) mass is 405 g/mol. The number of hydrogen-bond donors (Lipinski definition) is 1. The van der Waals surface area contributed by atoms with Crippen LogP contribution in [-0.2, 0) is 17.5 Å². The summed E-state index contributed by atoms with van der Waals surface area (Å²) in [4.78, 5) is 34.0. The molecule has 12 heteroatoms. The zero-order valence-corrected chi connectivity index (χ0v) is 14.3. The van der Waals surface area contributed by atoms with Crippen LogP contribution in [0.5, 0.6) is 5.75 Å². The van der Waals surface area contributed by atoms with Crippen molar-refractivity contribution in [2.75, 3.05) is 12.4 Å². The highest BCUT2D eigenvalue weighted by molar-refractivity contribution is 6.30. The predicted molar refractivity (Wildman–Crippen MR) is 89.0 cm³/mol. The van der Waals surface area contributed by atoms with E-state index in [4.69, 9.17) is 16.3 Å². The molecular weight excluding hydrogens is 395 g/mol. The molecule has 0 fully saturated rings. The summed E-state index contributed by atoms with van der Waals surface area (Å²) >= 11 is 5.51. The summed E-state index contributed by atoms with van der Waals surface area (Å²) in [6, 6.07) is 3.82. The van der Waals surface area contributed by atoms with E-state index in [1.165, 1.54) is 13.2 Å². The van der Waals surface area contributed by atoms with Crippen LogP contribution in [0.3, 0.4) is 0 Å². The highest BCUT2D eigenvalue weighted by atomic mass is 35.5. The van der Waals surface area contributed by atoms with Crippen LogP contribution in [0.25, 0.3) is 0 Å². The van der Waals surface area contributed by atoms with Gasteiger partial charge in [0.05, 0.1) is 29.4 Å². The fourth-order valence-electron chi connectivity index (χ4n) is 2.11. The van der Waals surface area contributed by atoms with Gasteiger partial charge in [0.1, 0.15) is 17.3 Å². The topological polar surface area (TPSA) is 103 Å². The van der Waals surface area contributed by atoms with Crippen LogP contribution in [0.1, 0.15) is 5.56 Å². The van der Waals surface area contributed by atoms with Gasteiger partial charge in [-0.1, -0.05) is 11.6 Å². The first kappa shape index (κ1) is 20.2. The SMILES string of the molecule is COc1cc([N+](=O)[O-])ccc1NC(=O)Cn1cc(C(F)(F)F)cc(Cl)c1=O. The van der Waals surface area contributed by atoms with Crippen molar-refractivity contribution >= 4 is 28.9 Å². The van der Waals surface area contributed by atoms with Gasteiger partial charge in [-0.05, 0) is 12.1 Å². The summed E-state index contributed by atoms with van der Waals surface area (Å²) in [5, 5.41) is 12.4. The minimum absolute atomic E-state index is 0.0352. The first-order valence-corrected chi connectivity index (χ1v) is 7.50. The fraction of sp³-hybridized carbons (Fsp3) is 0.200. The fourth-order valence-corrected chi connectivity index (χ4v) is 2.34. The van der Waals surface area contributed by atoms with Crippen LogP contribution in [0, 0.1) is 10.1 Å². The average Bonchev–Trinajstić information content (AvgIpc) is 2.57. The first-order chi connectivity index (χ1) is 12.5. The molecule has 2 aromatic rings. The molecule has 1 heterocycles. The lowest BCUT2D eigenvalue weighted by Gasteiger charge is -2.13. The molecule has 0 bridgehead atoms. The molecule has 0 unspecified atom stereocenters. The van der Waals surface area contributed by atoms with E-state index in [9.17, 15) is 32.9 Å². The predicted octanol–water partition coefficient (Wildman–Crippen LogP) is 3.08. The van der Waals surface area contributed by atoms with Crippen molar-refractivity contribution in [1.82, 2.24) is 4.57 Å². The number of hydrogen-bond acceptors (Lipinski definition) is 5. The Balaban J connectivity index is 2.28. The molecule has 27 heavy (non-hydrogen) atoms. The zero-order valence-electron chi connectivity index (χ0n) is 13.5. The molecule has 0 spiro atoms. The number of nitro benzene ring substituents is 1. The van der Waals surface area contributed by atoms with Crippen molar-refractivity contribution in [1.29, 1.82) is 0 Å². The highest BCUT2D eigenvalue weighted by Gasteiger charge is 2.32. The second-order valence-corrected chi connectivity index (χ2v) is 5.60. The molecule has 0 aliphatic carbocycles. The normalized spacial score (nSPS) is 11.1. The van der Waals surface area contributed by atoms with Crippen molar-refractivity contribution < 1.29 is 27.6 Å². The lowest BCUT2D eigenvalue weighted by molar-refractivity contribution is -0.384. The van der Waals surface area contributed by atoms with Crippen LogP contribution in [0.15, 0.2) is 35.3 Å². The number of nitrogens with zero attached hydrogens (tertiary/aromatic N) is 2. The van der Waals surface area contributed by atoms with Crippen molar-refractivity contribution in [3.8, 4) is 5.75 Å². The molecule has 1 aromatic carbocycles. The second kappa shape index (κ2) is 7.66.